The number of pyridine rings is 1. The molecule has 0 aliphatic heterocycles. The summed E-state index contributed by atoms with van der Waals surface area (Å²) in [6, 6.07) is 19.5. The van der Waals surface area contributed by atoms with Gasteiger partial charge >= 0.3 is 0 Å². The molecule has 1 atom stereocenters. The molecule has 23 heavy (non-hydrogen) atoms. The SMILES string of the molecule is CC[C@H](NC(=O)c1cc(Br)nc2ccccc12)c1ccccc1. The monoisotopic (exact) mass is 368 g/mol. The predicted octanol–water partition coefficient (Wildman–Crippen LogP) is 4.88. The highest BCUT2D eigenvalue weighted by atomic mass is 79.9. The van der Waals surface area contributed by atoms with E-state index in [1.165, 1.54) is 0 Å². The number of hydrogen-bond donors (Lipinski definition) is 1. The zero-order valence-electron chi connectivity index (χ0n) is 12.8. The number of rotatable bonds is 4. The van der Waals surface area contributed by atoms with Gasteiger partial charge < -0.3 is 5.32 Å². The zero-order chi connectivity index (χ0) is 16.2. The summed E-state index contributed by atoms with van der Waals surface area (Å²) in [6.07, 6.45) is 0.833. The van der Waals surface area contributed by atoms with Crippen LogP contribution in [0.15, 0.2) is 65.3 Å². The zero-order valence-corrected chi connectivity index (χ0v) is 14.4. The molecular formula is C19H17BrN2O. The van der Waals surface area contributed by atoms with Gasteiger partial charge in [0.15, 0.2) is 0 Å². The van der Waals surface area contributed by atoms with Crippen LogP contribution in [0.25, 0.3) is 10.9 Å². The largest absolute Gasteiger partial charge is 0.345 e. The number of carbonyl (C=O) groups excluding carboxylic acids is 1. The Bertz CT molecular complexity index is 833. The molecule has 116 valence electrons. The topological polar surface area (TPSA) is 42.0 Å². The van der Waals surface area contributed by atoms with Crippen molar-refractivity contribution in [2.24, 2.45) is 0 Å². The smallest absolute Gasteiger partial charge is 0.252 e. The van der Waals surface area contributed by atoms with Crippen molar-refractivity contribution in [2.75, 3.05) is 0 Å². The maximum absolute atomic E-state index is 12.8. The molecule has 3 nitrogen and oxygen atoms in total. The van der Waals surface area contributed by atoms with E-state index in [4.69, 9.17) is 0 Å². The highest BCUT2D eigenvalue weighted by Gasteiger charge is 2.17. The van der Waals surface area contributed by atoms with Crippen molar-refractivity contribution in [3.63, 3.8) is 0 Å². The minimum Gasteiger partial charge on any atom is -0.345 e. The van der Waals surface area contributed by atoms with Gasteiger partial charge in [-0.2, -0.15) is 0 Å². The summed E-state index contributed by atoms with van der Waals surface area (Å²) >= 11 is 3.39. The molecule has 0 saturated carbocycles. The van der Waals surface area contributed by atoms with Crippen molar-refractivity contribution in [3.05, 3.63) is 76.4 Å². The van der Waals surface area contributed by atoms with Crippen LogP contribution >= 0.6 is 15.9 Å². The summed E-state index contributed by atoms with van der Waals surface area (Å²) < 4.78 is 0.661. The lowest BCUT2D eigenvalue weighted by atomic mass is 10.0. The Morgan fingerprint density at radius 1 is 1.13 bits per heavy atom. The second kappa shape index (κ2) is 6.92. The van der Waals surface area contributed by atoms with Gasteiger partial charge in [0.1, 0.15) is 4.60 Å². The van der Waals surface area contributed by atoms with Crippen molar-refractivity contribution in [3.8, 4) is 0 Å². The molecule has 0 spiro atoms. The van der Waals surface area contributed by atoms with Crippen LogP contribution in [0.5, 0.6) is 0 Å². The van der Waals surface area contributed by atoms with Crippen molar-refractivity contribution < 1.29 is 4.79 Å². The van der Waals surface area contributed by atoms with Crippen molar-refractivity contribution in [1.29, 1.82) is 0 Å². The molecule has 2 aromatic carbocycles. The van der Waals surface area contributed by atoms with E-state index >= 15 is 0 Å². The summed E-state index contributed by atoms with van der Waals surface area (Å²) in [5.41, 5.74) is 2.55. The summed E-state index contributed by atoms with van der Waals surface area (Å²) in [4.78, 5) is 17.2. The lowest BCUT2D eigenvalue weighted by molar-refractivity contribution is 0.0937. The third kappa shape index (κ3) is 3.42. The lowest BCUT2D eigenvalue weighted by Gasteiger charge is -2.18. The average molecular weight is 369 g/mol. The van der Waals surface area contributed by atoms with Gasteiger partial charge in [-0.25, -0.2) is 4.98 Å². The van der Waals surface area contributed by atoms with Crippen LogP contribution in [0.3, 0.4) is 0 Å². The number of fused-ring (bicyclic) bond motifs is 1. The molecule has 0 bridgehead atoms. The third-order valence-electron chi connectivity index (χ3n) is 3.85. The van der Waals surface area contributed by atoms with Crippen LogP contribution in [0.2, 0.25) is 0 Å². The van der Waals surface area contributed by atoms with E-state index in [0.717, 1.165) is 22.9 Å². The van der Waals surface area contributed by atoms with Gasteiger partial charge in [-0.3, -0.25) is 4.79 Å². The molecule has 1 aromatic heterocycles. The van der Waals surface area contributed by atoms with Crippen LogP contribution in [0.4, 0.5) is 0 Å². The molecule has 0 aliphatic rings. The number of hydrogen-bond acceptors (Lipinski definition) is 2. The molecule has 0 radical (unpaired) electrons. The molecule has 0 fully saturated rings. The second-order valence-corrected chi connectivity index (χ2v) is 6.17. The lowest BCUT2D eigenvalue weighted by Crippen LogP contribution is -2.28. The standard InChI is InChI=1S/C19H17BrN2O/c1-2-16(13-8-4-3-5-9-13)22-19(23)15-12-18(20)21-17-11-7-6-10-14(15)17/h3-12,16H,2H2,1H3,(H,22,23)/t16-/m0/s1. The minimum atomic E-state index is -0.0833. The first-order valence-corrected chi connectivity index (χ1v) is 8.39. The number of aromatic nitrogens is 1. The maximum Gasteiger partial charge on any atom is 0.252 e. The molecule has 0 saturated heterocycles. The summed E-state index contributed by atoms with van der Waals surface area (Å²) in [5.74, 6) is -0.0833. The molecule has 3 aromatic rings. The Kier molecular flexibility index (Phi) is 4.72. The predicted molar refractivity (Wildman–Crippen MR) is 96.4 cm³/mol. The molecule has 1 heterocycles. The summed E-state index contributed by atoms with van der Waals surface area (Å²) in [7, 11) is 0. The number of para-hydroxylation sites is 1. The van der Waals surface area contributed by atoms with Crippen LogP contribution in [0.1, 0.15) is 35.3 Å². The minimum absolute atomic E-state index is 0.00518. The molecule has 3 rings (SSSR count). The van der Waals surface area contributed by atoms with Crippen molar-refractivity contribution >= 4 is 32.7 Å². The van der Waals surface area contributed by atoms with Gasteiger partial charge in [0.2, 0.25) is 0 Å². The average Bonchev–Trinajstić information content (AvgIpc) is 2.59. The Balaban J connectivity index is 1.94. The number of carbonyl (C=O) groups is 1. The number of benzene rings is 2. The second-order valence-electron chi connectivity index (χ2n) is 5.35. The highest BCUT2D eigenvalue weighted by Crippen LogP contribution is 2.23. The van der Waals surface area contributed by atoms with Crippen LogP contribution in [-0.4, -0.2) is 10.9 Å². The fourth-order valence-electron chi connectivity index (χ4n) is 2.67. The Morgan fingerprint density at radius 2 is 1.83 bits per heavy atom. The first-order chi connectivity index (χ1) is 11.2. The van der Waals surface area contributed by atoms with Gasteiger partial charge in [0.25, 0.3) is 5.91 Å². The highest BCUT2D eigenvalue weighted by molar-refractivity contribution is 9.10. The quantitative estimate of drug-likeness (QED) is 0.666. The number of nitrogens with zero attached hydrogens (tertiary/aromatic N) is 1. The molecule has 1 amide bonds. The van der Waals surface area contributed by atoms with E-state index in [2.05, 4.69) is 33.2 Å². The van der Waals surface area contributed by atoms with Crippen LogP contribution in [-0.2, 0) is 0 Å². The van der Waals surface area contributed by atoms with Crippen molar-refractivity contribution in [1.82, 2.24) is 10.3 Å². The van der Waals surface area contributed by atoms with Crippen LogP contribution in [0, 0.1) is 0 Å². The third-order valence-corrected chi connectivity index (χ3v) is 4.25. The molecule has 4 heteroatoms. The van der Waals surface area contributed by atoms with E-state index in [1.54, 1.807) is 6.07 Å². The van der Waals surface area contributed by atoms with E-state index in [9.17, 15) is 4.79 Å². The van der Waals surface area contributed by atoms with E-state index < -0.39 is 0 Å². The number of halogens is 1. The van der Waals surface area contributed by atoms with Gasteiger partial charge in [-0.1, -0.05) is 55.5 Å². The van der Waals surface area contributed by atoms with Crippen LogP contribution < -0.4 is 5.32 Å². The number of nitrogens with one attached hydrogen (secondary N) is 1. The Labute approximate surface area is 143 Å². The van der Waals surface area contributed by atoms with Gasteiger partial charge in [0, 0.05) is 5.39 Å². The van der Waals surface area contributed by atoms with E-state index in [0.29, 0.717) is 10.2 Å². The first-order valence-electron chi connectivity index (χ1n) is 7.60. The molecule has 1 N–H and O–H groups in total. The maximum atomic E-state index is 12.8. The molecule has 0 unspecified atom stereocenters. The molecule has 0 aliphatic carbocycles. The Morgan fingerprint density at radius 3 is 2.57 bits per heavy atom. The van der Waals surface area contributed by atoms with Gasteiger partial charge in [-0.15, -0.1) is 0 Å². The first kappa shape index (κ1) is 15.7. The van der Waals surface area contributed by atoms with E-state index in [1.807, 2.05) is 54.6 Å². The molecular weight excluding hydrogens is 352 g/mol. The van der Waals surface area contributed by atoms with Gasteiger partial charge in [0.05, 0.1) is 17.1 Å². The fraction of sp³-hybridized carbons (Fsp3) is 0.158. The summed E-state index contributed by atoms with van der Waals surface area (Å²) in [5, 5.41) is 3.99. The number of amides is 1. The summed E-state index contributed by atoms with van der Waals surface area (Å²) in [6.45, 7) is 2.07. The Hall–Kier alpha value is -2.20. The van der Waals surface area contributed by atoms with Gasteiger partial charge in [-0.05, 0) is 40.0 Å². The fourth-order valence-corrected chi connectivity index (χ4v) is 3.09. The van der Waals surface area contributed by atoms with E-state index in [-0.39, 0.29) is 11.9 Å². The van der Waals surface area contributed by atoms with Crippen molar-refractivity contribution in [2.45, 2.75) is 19.4 Å². The normalized spacial score (nSPS) is 12.1.